The topological polar surface area (TPSA) is 39.1 Å². The van der Waals surface area contributed by atoms with E-state index in [9.17, 15) is 0 Å². The van der Waals surface area contributed by atoms with E-state index in [2.05, 4.69) is 44.9 Å². The standard InChI is InChI=1S/C14H24BrN3O/c1-11(2)9-14(5-4-6-16-14)13-12(15)10-17-18(13)7-8-19-3/h10-11,16H,4-9H2,1-3H3. The lowest BCUT2D eigenvalue weighted by atomic mass is 9.84. The molecule has 0 spiro atoms. The lowest BCUT2D eigenvalue weighted by Gasteiger charge is -2.32. The summed E-state index contributed by atoms with van der Waals surface area (Å²) in [5.41, 5.74) is 1.35. The zero-order valence-corrected chi connectivity index (χ0v) is 13.7. The second-order valence-electron chi connectivity index (χ2n) is 5.77. The summed E-state index contributed by atoms with van der Waals surface area (Å²) in [6.07, 6.45) is 5.47. The van der Waals surface area contributed by atoms with E-state index >= 15 is 0 Å². The Hall–Kier alpha value is -0.390. The van der Waals surface area contributed by atoms with Crippen LogP contribution in [-0.2, 0) is 16.8 Å². The summed E-state index contributed by atoms with van der Waals surface area (Å²) < 4.78 is 8.39. The average Bonchev–Trinajstić information content (AvgIpc) is 2.93. The van der Waals surface area contributed by atoms with Crippen LogP contribution >= 0.6 is 15.9 Å². The molecule has 1 aromatic rings. The summed E-state index contributed by atoms with van der Waals surface area (Å²) in [7, 11) is 1.73. The number of nitrogens with one attached hydrogen (secondary N) is 1. The number of methoxy groups -OCH3 is 1. The molecule has 1 fully saturated rings. The molecule has 2 heterocycles. The number of aromatic nitrogens is 2. The van der Waals surface area contributed by atoms with Gasteiger partial charge in [-0.1, -0.05) is 13.8 Å². The van der Waals surface area contributed by atoms with Crippen molar-refractivity contribution < 1.29 is 4.74 Å². The second kappa shape index (κ2) is 6.37. The van der Waals surface area contributed by atoms with Gasteiger partial charge in [-0.3, -0.25) is 4.68 Å². The van der Waals surface area contributed by atoms with Crippen molar-refractivity contribution in [1.29, 1.82) is 0 Å². The smallest absolute Gasteiger partial charge is 0.0728 e. The Morgan fingerprint density at radius 3 is 2.95 bits per heavy atom. The van der Waals surface area contributed by atoms with E-state index in [0.717, 1.165) is 24.0 Å². The zero-order chi connectivity index (χ0) is 13.9. The minimum absolute atomic E-state index is 0.0667. The number of halogens is 1. The molecule has 1 aliphatic rings. The predicted molar refractivity (Wildman–Crippen MR) is 80.2 cm³/mol. The third-order valence-electron chi connectivity index (χ3n) is 3.76. The SMILES string of the molecule is COCCn1ncc(Br)c1C1(CC(C)C)CCCN1. The number of hydrogen-bond acceptors (Lipinski definition) is 3. The van der Waals surface area contributed by atoms with Gasteiger partial charge in [-0.05, 0) is 47.7 Å². The minimum Gasteiger partial charge on any atom is -0.383 e. The minimum atomic E-state index is 0.0667. The molecular weight excluding hydrogens is 306 g/mol. The fraction of sp³-hybridized carbons (Fsp3) is 0.786. The van der Waals surface area contributed by atoms with E-state index < -0.39 is 0 Å². The molecule has 4 nitrogen and oxygen atoms in total. The van der Waals surface area contributed by atoms with Crippen LogP contribution in [0.15, 0.2) is 10.7 Å². The van der Waals surface area contributed by atoms with E-state index in [1.54, 1.807) is 7.11 Å². The van der Waals surface area contributed by atoms with E-state index in [1.165, 1.54) is 18.5 Å². The highest BCUT2D eigenvalue weighted by molar-refractivity contribution is 9.10. The molecule has 5 heteroatoms. The molecule has 0 aliphatic carbocycles. The van der Waals surface area contributed by atoms with Crippen LogP contribution in [0.25, 0.3) is 0 Å². The van der Waals surface area contributed by atoms with Crippen molar-refractivity contribution in [1.82, 2.24) is 15.1 Å². The van der Waals surface area contributed by atoms with Crippen molar-refractivity contribution in [2.75, 3.05) is 20.3 Å². The van der Waals surface area contributed by atoms with Crippen LogP contribution in [0.2, 0.25) is 0 Å². The first kappa shape index (κ1) is 15.0. The molecule has 1 aliphatic heterocycles. The van der Waals surface area contributed by atoms with Crippen molar-refractivity contribution in [3.05, 3.63) is 16.4 Å². The number of nitrogens with zero attached hydrogens (tertiary/aromatic N) is 2. The van der Waals surface area contributed by atoms with Gasteiger partial charge in [0, 0.05) is 7.11 Å². The lowest BCUT2D eigenvalue weighted by Crippen LogP contribution is -2.40. The van der Waals surface area contributed by atoms with Crippen molar-refractivity contribution >= 4 is 15.9 Å². The van der Waals surface area contributed by atoms with Gasteiger partial charge >= 0.3 is 0 Å². The van der Waals surface area contributed by atoms with E-state index in [4.69, 9.17) is 4.74 Å². The first-order chi connectivity index (χ1) is 9.09. The molecule has 0 amide bonds. The molecule has 1 saturated heterocycles. The molecule has 1 unspecified atom stereocenters. The van der Waals surface area contributed by atoms with Gasteiger partial charge in [0.25, 0.3) is 0 Å². The highest BCUT2D eigenvalue weighted by Crippen LogP contribution is 2.40. The molecule has 19 heavy (non-hydrogen) atoms. The van der Waals surface area contributed by atoms with Crippen LogP contribution in [0.4, 0.5) is 0 Å². The largest absolute Gasteiger partial charge is 0.383 e. The van der Waals surface area contributed by atoms with Gasteiger partial charge in [0.05, 0.1) is 35.1 Å². The quantitative estimate of drug-likeness (QED) is 0.872. The Morgan fingerprint density at radius 1 is 1.58 bits per heavy atom. The van der Waals surface area contributed by atoms with Crippen LogP contribution in [0.5, 0.6) is 0 Å². The fourth-order valence-corrected chi connectivity index (χ4v) is 3.84. The summed E-state index contributed by atoms with van der Waals surface area (Å²) in [4.78, 5) is 0. The van der Waals surface area contributed by atoms with Crippen molar-refractivity contribution in [3.63, 3.8) is 0 Å². The van der Waals surface area contributed by atoms with Crippen LogP contribution < -0.4 is 5.32 Å². The average molecular weight is 330 g/mol. The molecule has 0 saturated carbocycles. The maximum Gasteiger partial charge on any atom is 0.0728 e. The van der Waals surface area contributed by atoms with E-state index in [1.807, 2.05) is 6.20 Å². The molecule has 108 valence electrons. The van der Waals surface area contributed by atoms with Crippen LogP contribution in [-0.4, -0.2) is 30.0 Å². The first-order valence-corrected chi connectivity index (χ1v) is 7.84. The van der Waals surface area contributed by atoms with Crippen molar-refractivity contribution in [3.8, 4) is 0 Å². The summed E-state index contributed by atoms with van der Waals surface area (Å²) in [6.45, 7) is 7.16. The summed E-state index contributed by atoms with van der Waals surface area (Å²) in [5, 5.41) is 8.23. The lowest BCUT2D eigenvalue weighted by molar-refractivity contribution is 0.177. The molecule has 1 aromatic heterocycles. The maximum absolute atomic E-state index is 5.19. The highest BCUT2D eigenvalue weighted by atomic mass is 79.9. The predicted octanol–water partition coefficient (Wildman–Crippen LogP) is 2.92. The Kier molecular flexibility index (Phi) is 5.03. The van der Waals surface area contributed by atoms with Gasteiger partial charge in [0.2, 0.25) is 0 Å². The Balaban J connectivity index is 2.33. The normalized spacial score (nSPS) is 23.4. The molecular formula is C14H24BrN3O. The molecule has 0 bridgehead atoms. The van der Waals surface area contributed by atoms with Gasteiger partial charge in [-0.25, -0.2) is 0 Å². The van der Waals surface area contributed by atoms with Crippen LogP contribution in [0, 0.1) is 5.92 Å². The number of hydrogen-bond donors (Lipinski definition) is 1. The Bertz CT molecular complexity index is 411. The Morgan fingerprint density at radius 2 is 2.37 bits per heavy atom. The monoisotopic (exact) mass is 329 g/mol. The maximum atomic E-state index is 5.19. The highest BCUT2D eigenvalue weighted by Gasteiger charge is 2.40. The van der Waals surface area contributed by atoms with E-state index in [0.29, 0.717) is 12.5 Å². The molecule has 1 atom stereocenters. The van der Waals surface area contributed by atoms with Gasteiger partial charge in [-0.2, -0.15) is 5.10 Å². The van der Waals surface area contributed by atoms with Gasteiger partial charge in [0.1, 0.15) is 0 Å². The van der Waals surface area contributed by atoms with Gasteiger partial charge < -0.3 is 10.1 Å². The third kappa shape index (κ3) is 3.20. The zero-order valence-electron chi connectivity index (χ0n) is 12.1. The summed E-state index contributed by atoms with van der Waals surface area (Å²) >= 11 is 3.68. The number of rotatable bonds is 6. The second-order valence-corrected chi connectivity index (χ2v) is 6.62. The van der Waals surface area contributed by atoms with E-state index in [-0.39, 0.29) is 5.54 Å². The summed E-state index contributed by atoms with van der Waals surface area (Å²) in [5.74, 6) is 0.656. The fourth-order valence-electron chi connectivity index (χ4n) is 3.16. The summed E-state index contributed by atoms with van der Waals surface area (Å²) in [6, 6.07) is 0. The van der Waals surface area contributed by atoms with Gasteiger partial charge in [0.15, 0.2) is 0 Å². The first-order valence-electron chi connectivity index (χ1n) is 7.05. The van der Waals surface area contributed by atoms with Crippen molar-refractivity contribution in [2.45, 2.75) is 45.2 Å². The van der Waals surface area contributed by atoms with Crippen molar-refractivity contribution in [2.24, 2.45) is 5.92 Å². The molecule has 1 N–H and O–H groups in total. The molecule has 0 radical (unpaired) electrons. The third-order valence-corrected chi connectivity index (χ3v) is 4.34. The Labute approximate surface area is 124 Å². The molecule has 2 rings (SSSR count). The van der Waals surface area contributed by atoms with Crippen LogP contribution in [0.3, 0.4) is 0 Å². The number of ether oxygens (including phenoxy) is 1. The van der Waals surface area contributed by atoms with Crippen LogP contribution in [0.1, 0.15) is 38.8 Å². The molecule has 0 aromatic carbocycles. The van der Waals surface area contributed by atoms with Gasteiger partial charge in [-0.15, -0.1) is 0 Å².